The fraction of sp³-hybridized carbons (Fsp3) is 0.312. The molecular weight excluding hydrogens is 274 g/mol. The van der Waals surface area contributed by atoms with Crippen LogP contribution in [0.15, 0.2) is 36.5 Å². The van der Waals surface area contributed by atoms with E-state index < -0.39 is 11.6 Å². The monoisotopic (exact) mass is 292 g/mol. The standard InChI is InChI=1S/C16H18F2N2O/c1-11(2)9-19-10-12-4-3-7-20-16(12)21-15-6-5-13(17)8-14(15)18/h3-8,11,19H,9-10H2,1-2H3. The van der Waals surface area contributed by atoms with Crippen molar-refractivity contribution in [1.82, 2.24) is 10.3 Å². The van der Waals surface area contributed by atoms with Gasteiger partial charge in [0.05, 0.1) is 0 Å². The molecule has 0 bridgehead atoms. The lowest BCUT2D eigenvalue weighted by atomic mass is 10.2. The van der Waals surface area contributed by atoms with Crippen LogP contribution in [0.2, 0.25) is 0 Å². The molecule has 0 aliphatic heterocycles. The van der Waals surface area contributed by atoms with Crippen LogP contribution in [0, 0.1) is 17.6 Å². The van der Waals surface area contributed by atoms with E-state index in [2.05, 4.69) is 24.1 Å². The lowest BCUT2D eigenvalue weighted by Gasteiger charge is -2.12. The van der Waals surface area contributed by atoms with E-state index in [1.54, 1.807) is 12.3 Å². The van der Waals surface area contributed by atoms with E-state index in [0.29, 0.717) is 18.3 Å². The molecule has 1 aromatic heterocycles. The first-order valence-corrected chi connectivity index (χ1v) is 6.84. The summed E-state index contributed by atoms with van der Waals surface area (Å²) in [6.45, 7) is 5.66. The number of aromatic nitrogens is 1. The molecule has 5 heteroatoms. The largest absolute Gasteiger partial charge is 0.436 e. The van der Waals surface area contributed by atoms with E-state index in [1.165, 1.54) is 6.07 Å². The van der Waals surface area contributed by atoms with Crippen LogP contribution in [0.5, 0.6) is 11.6 Å². The summed E-state index contributed by atoms with van der Waals surface area (Å²) in [6, 6.07) is 6.84. The SMILES string of the molecule is CC(C)CNCc1cccnc1Oc1ccc(F)cc1F. The molecule has 0 atom stereocenters. The number of ether oxygens (including phenoxy) is 1. The Balaban J connectivity index is 2.12. The van der Waals surface area contributed by atoms with E-state index in [-0.39, 0.29) is 5.75 Å². The van der Waals surface area contributed by atoms with Gasteiger partial charge in [0.2, 0.25) is 5.88 Å². The zero-order valence-electron chi connectivity index (χ0n) is 12.1. The van der Waals surface area contributed by atoms with Gasteiger partial charge >= 0.3 is 0 Å². The van der Waals surface area contributed by atoms with Gasteiger partial charge in [-0.3, -0.25) is 0 Å². The predicted molar refractivity (Wildman–Crippen MR) is 77.2 cm³/mol. The molecule has 0 unspecified atom stereocenters. The summed E-state index contributed by atoms with van der Waals surface area (Å²) in [5.41, 5.74) is 0.821. The lowest BCUT2D eigenvalue weighted by Crippen LogP contribution is -2.19. The molecule has 0 spiro atoms. The highest BCUT2D eigenvalue weighted by molar-refractivity contribution is 5.33. The topological polar surface area (TPSA) is 34.2 Å². The van der Waals surface area contributed by atoms with E-state index >= 15 is 0 Å². The fourth-order valence-electron chi connectivity index (χ4n) is 1.81. The lowest BCUT2D eigenvalue weighted by molar-refractivity contribution is 0.416. The second kappa shape index (κ2) is 7.13. The minimum Gasteiger partial charge on any atom is -0.436 e. The number of nitrogens with one attached hydrogen (secondary N) is 1. The number of hydrogen-bond acceptors (Lipinski definition) is 3. The fourth-order valence-corrected chi connectivity index (χ4v) is 1.81. The first-order valence-electron chi connectivity index (χ1n) is 6.84. The highest BCUT2D eigenvalue weighted by atomic mass is 19.1. The van der Waals surface area contributed by atoms with Crippen molar-refractivity contribution >= 4 is 0 Å². The van der Waals surface area contributed by atoms with E-state index in [4.69, 9.17) is 4.74 Å². The quantitative estimate of drug-likeness (QED) is 0.877. The molecule has 0 amide bonds. The van der Waals surface area contributed by atoms with Gasteiger partial charge in [0.1, 0.15) is 5.82 Å². The molecule has 0 aliphatic carbocycles. The summed E-state index contributed by atoms with van der Waals surface area (Å²) in [6.07, 6.45) is 1.57. The van der Waals surface area contributed by atoms with Crippen molar-refractivity contribution < 1.29 is 13.5 Å². The Labute approximate surface area is 123 Å². The van der Waals surface area contributed by atoms with E-state index in [9.17, 15) is 8.78 Å². The van der Waals surface area contributed by atoms with Crippen LogP contribution < -0.4 is 10.1 Å². The minimum atomic E-state index is -0.748. The predicted octanol–water partition coefficient (Wildman–Crippen LogP) is 3.90. The summed E-state index contributed by atoms with van der Waals surface area (Å²) in [7, 11) is 0. The van der Waals surface area contributed by atoms with Crippen molar-refractivity contribution in [3.8, 4) is 11.6 Å². The Morgan fingerprint density at radius 1 is 1.24 bits per heavy atom. The van der Waals surface area contributed by atoms with Crippen molar-refractivity contribution in [3.05, 3.63) is 53.7 Å². The first kappa shape index (κ1) is 15.4. The van der Waals surface area contributed by atoms with Gasteiger partial charge in [0.25, 0.3) is 0 Å². The van der Waals surface area contributed by atoms with Gasteiger partial charge in [-0.25, -0.2) is 13.8 Å². The molecule has 1 aromatic carbocycles. The van der Waals surface area contributed by atoms with Crippen molar-refractivity contribution in [2.24, 2.45) is 5.92 Å². The third-order valence-corrected chi connectivity index (χ3v) is 2.82. The number of rotatable bonds is 6. The maximum atomic E-state index is 13.6. The van der Waals surface area contributed by atoms with E-state index in [0.717, 1.165) is 24.2 Å². The molecule has 21 heavy (non-hydrogen) atoms. The molecule has 0 aliphatic rings. The van der Waals surface area contributed by atoms with Crippen LogP contribution in [0.25, 0.3) is 0 Å². The van der Waals surface area contributed by atoms with Crippen molar-refractivity contribution in [3.63, 3.8) is 0 Å². The van der Waals surface area contributed by atoms with Crippen LogP contribution in [0.4, 0.5) is 8.78 Å². The first-order chi connectivity index (χ1) is 10.1. The highest BCUT2D eigenvalue weighted by Gasteiger charge is 2.10. The Morgan fingerprint density at radius 2 is 2.05 bits per heavy atom. The molecule has 112 valence electrons. The summed E-state index contributed by atoms with van der Waals surface area (Å²) in [5, 5.41) is 3.28. The normalized spacial score (nSPS) is 10.9. The second-order valence-corrected chi connectivity index (χ2v) is 5.17. The van der Waals surface area contributed by atoms with Gasteiger partial charge in [-0.2, -0.15) is 0 Å². The Morgan fingerprint density at radius 3 is 2.76 bits per heavy atom. The zero-order valence-corrected chi connectivity index (χ0v) is 12.1. The van der Waals surface area contributed by atoms with Gasteiger partial charge in [-0.1, -0.05) is 19.9 Å². The minimum absolute atomic E-state index is 0.0415. The van der Waals surface area contributed by atoms with Crippen molar-refractivity contribution in [1.29, 1.82) is 0 Å². The number of nitrogens with zero attached hydrogens (tertiary/aromatic N) is 1. The average molecular weight is 292 g/mol. The van der Waals surface area contributed by atoms with Gasteiger partial charge in [-0.05, 0) is 30.7 Å². The Kier molecular flexibility index (Phi) is 5.22. The molecule has 2 aromatic rings. The summed E-state index contributed by atoms with van der Waals surface area (Å²) in [5.74, 6) is -0.582. The van der Waals surface area contributed by atoms with Crippen LogP contribution in [-0.4, -0.2) is 11.5 Å². The maximum Gasteiger partial charge on any atom is 0.223 e. The molecule has 0 fully saturated rings. The molecule has 1 N–H and O–H groups in total. The Hall–Kier alpha value is -2.01. The van der Waals surface area contributed by atoms with Crippen LogP contribution >= 0.6 is 0 Å². The van der Waals surface area contributed by atoms with E-state index in [1.807, 2.05) is 6.07 Å². The number of benzene rings is 1. The second-order valence-electron chi connectivity index (χ2n) is 5.17. The maximum absolute atomic E-state index is 13.6. The third kappa shape index (κ3) is 4.49. The molecule has 0 saturated carbocycles. The van der Waals surface area contributed by atoms with Crippen LogP contribution in [-0.2, 0) is 6.54 Å². The summed E-state index contributed by atoms with van der Waals surface area (Å²) < 4.78 is 32.0. The van der Waals surface area contributed by atoms with Gasteiger partial charge in [0, 0.05) is 24.4 Å². The van der Waals surface area contributed by atoms with Crippen molar-refractivity contribution in [2.75, 3.05) is 6.54 Å². The molecule has 3 nitrogen and oxygen atoms in total. The van der Waals surface area contributed by atoms with Crippen LogP contribution in [0.3, 0.4) is 0 Å². The third-order valence-electron chi connectivity index (χ3n) is 2.82. The number of halogens is 2. The molecular formula is C16H18F2N2O. The Bertz CT molecular complexity index is 603. The highest BCUT2D eigenvalue weighted by Crippen LogP contribution is 2.25. The number of hydrogen-bond donors (Lipinski definition) is 1. The molecule has 0 radical (unpaired) electrons. The average Bonchev–Trinajstić information content (AvgIpc) is 2.43. The zero-order chi connectivity index (χ0) is 15.2. The van der Waals surface area contributed by atoms with Gasteiger partial charge in [0.15, 0.2) is 11.6 Å². The van der Waals surface area contributed by atoms with Crippen LogP contribution in [0.1, 0.15) is 19.4 Å². The number of pyridine rings is 1. The molecule has 2 rings (SSSR count). The molecule has 0 saturated heterocycles. The summed E-state index contributed by atoms with van der Waals surface area (Å²) >= 11 is 0. The van der Waals surface area contributed by atoms with Gasteiger partial charge in [-0.15, -0.1) is 0 Å². The molecule has 1 heterocycles. The van der Waals surface area contributed by atoms with Crippen molar-refractivity contribution in [2.45, 2.75) is 20.4 Å². The summed E-state index contributed by atoms with van der Waals surface area (Å²) in [4.78, 5) is 4.11. The smallest absolute Gasteiger partial charge is 0.223 e. The van der Waals surface area contributed by atoms with Gasteiger partial charge < -0.3 is 10.1 Å².